The molecule has 1 aromatic carbocycles. The molecule has 30 heavy (non-hydrogen) atoms. The summed E-state index contributed by atoms with van der Waals surface area (Å²) in [5.41, 5.74) is 6.75. The Morgan fingerprint density at radius 1 is 1.30 bits per heavy atom. The van der Waals surface area contributed by atoms with Crippen LogP contribution in [0.25, 0.3) is 11.3 Å². The van der Waals surface area contributed by atoms with Gasteiger partial charge < -0.3 is 15.8 Å². The Labute approximate surface area is 173 Å². The fraction of sp³-hybridized carbons (Fsp3) is 0.429. The second kappa shape index (κ2) is 8.64. The van der Waals surface area contributed by atoms with Gasteiger partial charge in [-0.05, 0) is 37.8 Å². The third-order valence-corrected chi connectivity index (χ3v) is 5.56. The van der Waals surface area contributed by atoms with Gasteiger partial charge in [0.25, 0.3) is 0 Å². The molecule has 2 aromatic rings. The molecule has 1 aliphatic heterocycles. The number of halogens is 1. The highest BCUT2D eigenvalue weighted by Crippen LogP contribution is 2.29. The van der Waals surface area contributed by atoms with Crippen molar-refractivity contribution in [2.45, 2.75) is 38.1 Å². The third-order valence-electron chi connectivity index (χ3n) is 5.56. The lowest BCUT2D eigenvalue weighted by atomic mass is 9.85. The van der Waals surface area contributed by atoms with Crippen molar-refractivity contribution in [2.24, 2.45) is 11.7 Å². The lowest BCUT2D eigenvalue weighted by molar-refractivity contribution is -0.122. The maximum atomic E-state index is 14.5. The van der Waals surface area contributed by atoms with Crippen LogP contribution in [-0.4, -0.2) is 41.2 Å². The molecule has 2 fully saturated rings. The molecule has 2 unspecified atom stereocenters. The lowest BCUT2D eigenvalue weighted by Crippen LogP contribution is -2.37. The number of ether oxygens (including phenoxy) is 1. The molecule has 0 spiro atoms. The van der Waals surface area contributed by atoms with E-state index in [0.717, 1.165) is 31.9 Å². The first-order valence-electron chi connectivity index (χ1n) is 10.1. The van der Waals surface area contributed by atoms with E-state index >= 15 is 0 Å². The molecule has 8 nitrogen and oxygen atoms in total. The van der Waals surface area contributed by atoms with Crippen LogP contribution in [0.1, 0.15) is 32.1 Å². The number of nitrogens with zero attached hydrogens (tertiary/aromatic N) is 3. The minimum Gasteiger partial charge on any atom is -0.449 e. The SMILES string of the molecule is NC(=O)C1CCCC(Nc2ncc(F)c(-c3cccc(N4CCCOC4=O)c3)n2)C1. The molecule has 1 aromatic heterocycles. The Morgan fingerprint density at radius 2 is 2.17 bits per heavy atom. The number of anilines is 2. The smallest absolute Gasteiger partial charge is 0.414 e. The summed E-state index contributed by atoms with van der Waals surface area (Å²) < 4.78 is 19.6. The van der Waals surface area contributed by atoms with Gasteiger partial charge in [-0.1, -0.05) is 18.6 Å². The number of nitrogens with two attached hydrogens (primary N) is 1. The predicted molar refractivity (Wildman–Crippen MR) is 109 cm³/mol. The van der Waals surface area contributed by atoms with Crippen LogP contribution in [0, 0.1) is 11.7 Å². The molecule has 1 aliphatic carbocycles. The van der Waals surface area contributed by atoms with Crippen LogP contribution in [0.3, 0.4) is 0 Å². The van der Waals surface area contributed by atoms with Gasteiger partial charge in [0.2, 0.25) is 11.9 Å². The quantitative estimate of drug-likeness (QED) is 0.779. The number of aromatic nitrogens is 2. The summed E-state index contributed by atoms with van der Waals surface area (Å²) in [7, 11) is 0. The van der Waals surface area contributed by atoms with Crippen LogP contribution in [-0.2, 0) is 9.53 Å². The zero-order valence-electron chi connectivity index (χ0n) is 16.5. The number of nitrogens with one attached hydrogen (secondary N) is 1. The molecule has 0 bridgehead atoms. The average Bonchev–Trinajstić information content (AvgIpc) is 2.76. The van der Waals surface area contributed by atoms with E-state index in [1.165, 1.54) is 4.90 Å². The van der Waals surface area contributed by atoms with E-state index in [1.807, 2.05) is 0 Å². The molecule has 1 saturated carbocycles. The van der Waals surface area contributed by atoms with Gasteiger partial charge in [0, 0.05) is 29.8 Å². The van der Waals surface area contributed by atoms with Gasteiger partial charge in [0.1, 0.15) is 5.69 Å². The molecule has 2 aliphatic rings. The van der Waals surface area contributed by atoms with E-state index in [0.29, 0.717) is 36.8 Å². The van der Waals surface area contributed by atoms with Crippen LogP contribution in [0.4, 0.5) is 20.8 Å². The maximum absolute atomic E-state index is 14.5. The predicted octanol–water partition coefficient (Wildman–Crippen LogP) is 3.09. The van der Waals surface area contributed by atoms with Gasteiger partial charge in [0.15, 0.2) is 5.82 Å². The molecule has 1 saturated heterocycles. The summed E-state index contributed by atoms with van der Waals surface area (Å²) in [6, 6.07) is 6.98. The Balaban J connectivity index is 1.56. The van der Waals surface area contributed by atoms with Crippen LogP contribution in [0.5, 0.6) is 0 Å². The average molecular weight is 413 g/mol. The van der Waals surface area contributed by atoms with Gasteiger partial charge in [-0.3, -0.25) is 9.69 Å². The number of primary amides is 1. The summed E-state index contributed by atoms with van der Waals surface area (Å²) in [5, 5.41) is 3.21. The van der Waals surface area contributed by atoms with E-state index in [4.69, 9.17) is 10.5 Å². The second-order valence-corrected chi connectivity index (χ2v) is 7.67. The first-order valence-corrected chi connectivity index (χ1v) is 10.1. The van der Waals surface area contributed by atoms with Crippen molar-refractivity contribution in [1.82, 2.24) is 9.97 Å². The van der Waals surface area contributed by atoms with Crippen molar-refractivity contribution in [2.75, 3.05) is 23.4 Å². The number of cyclic esters (lactones) is 1. The van der Waals surface area contributed by atoms with Crippen LogP contribution < -0.4 is 16.0 Å². The third kappa shape index (κ3) is 4.34. The number of hydrogen-bond acceptors (Lipinski definition) is 6. The van der Waals surface area contributed by atoms with Crippen molar-refractivity contribution >= 4 is 23.6 Å². The highest BCUT2D eigenvalue weighted by molar-refractivity contribution is 5.89. The highest BCUT2D eigenvalue weighted by Gasteiger charge is 2.26. The number of amides is 2. The fourth-order valence-electron chi connectivity index (χ4n) is 4.01. The summed E-state index contributed by atoms with van der Waals surface area (Å²) in [6.45, 7) is 0.951. The van der Waals surface area contributed by atoms with Gasteiger partial charge >= 0.3 is 6.09 Å². The van der Waals surface area contributed by atoms with Crippen LogP contribution >= 0.6 is 0 Å². The normalized spacial score (nSPS) is 21.8. The van der Waals surface area contributed by atoms with Crippen molar-refractivity contribution in [3.63, 3.8) is 0 Å². The first kappa shape index (κ1) is 20.1. The molecule has 0 radical (unpaired) electrons. The zero-order valence-corrected chi connectivity index (χ0v) is 16.5. The van der Waals surface area contributed by atoms with Crippen LogP contribution in [0.2, 0.25) is 0 Å². The lowest BCUT2D eigenvalue weighted by Gasteiger charge is -2.28. The Hall–Kier alpha value is -3.23. The molecule has 2 atom stereocenters. The minimum absolute atomic E-state index is 0.00372. The van der Waals surface area contributed by atoms with Gasteiger partial charge in [-0.25, -0.2) is 19.2 Å². The molecule has 158 valence electrons. The number of benzene rings is 1. The number of carbonyl (C=O) groups excluding carboxylic acids is 2. The molecule has 3 N–H and O–H groups in total. The molecular formula is C21H24FN5O3. The molecule has 4 rings (SSSR count). The number of hydrogen-bond donors (Lipinski definition) is 2. The Kier molecular flexibility index (Phi) is 5.78. The Bertz CT molecular complexity index is 954. The van der Waals surface area contributed by atoms with Gasteiger partial charge in [-0.2, -0.15) is 0 Å². The van der Waals surface area contributed by atoms with Crippen molar-refractivity contribution < 1.29 is 18.7 Å². The van der Waals surface area contributed by atoms with Crippen molar-refractivity contribution in [3.8, 4) is 11.3 Å². The summed E-state index contributed by atoms with van der Waals surface area (Å²) in [5.74, 6) is -0.727. The maximum Gasteiger partial charge on any atom is 0.414 e. The standard InChI is InChI=1S/C21H24FN5O3/c22-17-12-24-20(25-15-6-1-5-14(10-15)19(23)28)26-18(17)13-4-2-7-16(11-13)27-8-3-9-30-21(27)29/h2,4,7,11-12,14-15H,1,3,5-6,8-10H2,(H2,23,28)(H,24,25,26). The number of carbonyl (C=O) groups is 2. The minimum atomic E-state index is -0.558. The summed E-state index contributed by atoms with van der Waals surface area (Å²) in [6.07, 6.45) is 4.60. The van der Waals surface area contributed by atoms with Gasteiger partial charge in [0.05, 0.1) is 12.8 Å². The van der Waals surface area contributed by atoms with E-state index in [9.17, 15) is 14.0 Å². The van der Waals surface area contributed by atoms with Crippen molar-refractivity contribution in [1.29, 1.82) is 0 Å². The first-order chi connectivity index (χ1) is 14.5. The summed E-state index contributed by atoms with van der Waals surface area (Å²) >= 11 is 0. The van der Waals surface area contributed by atoms with Crippen LogP contribution in [0.15, 0.2) is 30.5 Å². The largest absolute Gasteiger partial charge is 0.449 e. The fourth-order valence-corrected chi connectivity index (χ4v) is 4.01. The molecule has 2 heterocycles. The Morgan fingerprint density at radius 3 is 2.97 bits per heavy atom. The van der Waals surface area contributed by atoms with Gasteiger partial charge in [-0.15, -0.1) is 0 Å². The van der Waals surface area contributed by atoms with E-state index in [-0.39, 0.29) is 23.6 Å². The second-order valence-electron chi connectivity index (χ2n) is 7.67. The van der Waals surface area contributed by atoms with Crippen molar-refractivity contribution in [3.05, 3.63) is 36.3 Å². The highest BCUT2D eigenvalue weighted by atomic mass is 19.1. The monoisotopic (exact) mass is 413 g/mol. The molecular weight excluding hydrogens is 389 g/mol. The molecule has 2 amide bonds. The summed E-state index contributed by atoms with van der Waals surface area (Å²) in [4.78, 5) is 33.5. The van der Waals surface area contributed by atoms with E-state index in [2.05, 4.69) is 15.3 Å². The zero-order chi connectivity index (χ0) is 21.1. The molecule has 9 heteroatoms. The topological polar surface area (TPSA) is 110 Å². The van der Waals surface area contributed by atoms with E-state index in [1.54, 1.807) is 24.3 Å². The van der Waals surface area contributed by atoms with E-state index < -0.39 is 11.9 Å². The number of rotatable bonds is 5.